The third-order valence-corrected chi connectivity index (χ3v) is 2.35. The summed E-state index contributed by atoms with van der Waals surface area (Å²) in [6.45, 7) is 0. The second kappa shape index (κ2) is 3.72. The van der Waals surface area contributed by atoms with Crippen LogP contribution in [0.15, 0.2) is 23.3 Å². The van der Waals surface area contributed by atoms with Gasteiger partial charge in [0.1, 0.15) is 6.26 Å². The molecule has 3 heteroatoms. The molecule has 0 atom stereocenters. The van der Waals surface area contributed by atoms with Crippen LogP contribution in [0.4, 0.5) is 0 Å². The summed E-state index contributed by atoms with van der Waals surface area (Å²) in [5.41, 5.74) is 0. The number of hydrogen-bond acceptors (Lipinski definition) is 3. The van der Waals surface area contributed by atoms with Gasteiger partial charge in [0.25, 0.3) is 0 Å². The van der Waals surface area contributed by atoms with Crippen LogP contribution in [0, 0.1) is 0 Å². The van der Waals surface area contributed by atoms with Crippen LogP contribution in [-0.4, -0.2) is 17.2 Å². The Morgan fingerprint density at radius 1 is 1.08 bits per heavy atom. The van der Waals surface area contributed by atoms with E-state index in [0.717, 1.165) is 0 Å². The predicted molar refractivity (Wildman–Crippen MR) is 43.6 cm³/mol. The van der Waals surface area contributed by atoms with Crippen LogP contribution in [0.3, 0.4) is 0 Å². The van der Waals surface area contributed by atoms with Gasteiger partial charge in [0, 0.05) is 0 Å². The lowest BCUT2D eigenvalue weighted by atomic mass is 10.0. The highest BCUT2D eigenvalue weighted by Crippen LogP contribution is 2.33. The normalized spacial score (nSPS) is 31.3. The van der Waals surface area contributed by atoms with E-state index in [4.69, 9.17) is 4.74 Å². The van der Waals surface area contributed by atoms with Gasteiger partial charge in [0.2, 0.25) is 0 Å². The highest BCUT2D eigenvalue weighted by Gasteiger charge is 2.31. The number of aromatic nitrogens is 1. The Bertz CT molecular complexity index is 175. The maximum absolute atomic E-state index is 5.47. The molecule has 2 fully saturated rings. The number of hydrogen-bond donors (Lipinski definition) is 0. The first-order chi connectivity index (χ1) is 5.95. The molecule has 3 nitrogen and oxygen atoms in total. The Morgan fingerprint density at radius 3 is 1.92 bits per heavy atom. The Labute approximate surface area is 71.7 Å². The number of oxazole rings is 1. The molecule has 0 saturated carbocycles. The van der Waals surface area contributed by atoms with Crippen LogP contribution in [-0.2, 0) is 4.74 Å². The van der Waals surface area contributed by atoms with E-state index in [9.17, 15) is 0 Å². The third-order valence-electron chi connectivity index (χ3n) is 2.35. The minimum absolute atomic E-state index is 0.671. The van der Waals surface area contributed by atoms with Gasteiger partial charge < -0.3 is 9.15 Å². The zero-order valence-electron chi connectivity index (χ0n) is 6.98. The van der Waals surface area contributed by atoms with Crippen molar-refractivity contribution in [1.82, 2.24) is 4.98 Å². The molecule has 3 heterocycles. The van der Waals surface area contributed by atoms with E-state index in [1.165, 1.54) is 38.3 Å². The molecule has 3 rings (SSSR count). The summed E-state index contributed by atoms with van der Waals surface area (Å²) in [4.78, 5) is 3.56. The molecule has 2 aliphatic heterocycles. The standard InChI is InChI=1S/C6H10O.C3H3NO/c1-2-6-4-3-5(1)7-6;1-2-5-3-4-1/h5-6H,1-4H2;1-3H. The maximum atomic E-state index is 5.47. The Hall–Kier alpha value is -0.830. The van der Waals surface area contributed by atoms with Gasteiger partial charge in [0.15, 0.2) is 6.39 Å². The lowest BCUT2D eigenvalue weighted by Gasteiger charge is -2.00. The molecular formula is C9H13NO2. The first-order valence-electron chi connectivity index (χ1n) is 4.43. The fourth-order valence-corrected chi connectivity index (χ4v) is 1.75. The maximum Gasteiger partial charge on any atom is 0.180 e. The molecule has 0 spiro atoms. The van der Waals surface area contributed by atoms with Crippen molar-refractivity contribution in [2.24, 2.45) is 0 Å². The van der Waals surface area contributed by atoms with E-state index in [1.807, 2.05) is 0 Å². The van der Waals surface area contributed by atoms with Gasteiger partial charge in [-0.25, -0.2) is 4.98 Å². The third kappa shape index (κ3) is 1.85. The molecule has 2 saturated heterocycles. The van der Waals surface area contributed by atoms with Gasteiger partial charge in [-0.05, 0) is 25.7 Å². The van der Waals surface area contributed by atoms with Gasteiger partial charge in [-0.15, -0.1) is 0 Å². The minimum Gasteiger partial charge on any atom is -0.452 e. The van der Waals surface area contributed by atoms with E-state index < -0.39 is 0 Å². The average molecular weight is 167 g/mol. The van der Waals surface area contributed by atoms with Gasteiger partial charge >= 0.3 is 0 Å². The van der Waals surface area contributed by atoms with Crippen molar-refractivity contribution in [2.45, 2.75) is 37.9 Å². The summed E-state index contributed by atoms with van der Waals surface area (Å²) in [5, 5.41) is 0. The summed E-state index contributed by atoms with van der Waals surface area (Å²) in [6, 6.07) is 0. The van der Waals surface area contributed by atoms with E-state index in [0.29, 0.717) is 12.2 Å². The zero-order chi connectivity index (χ0) is 8.23. The molecule has 0 amide bonds. The molecule has 0 aliphatic carbocycles. The van der Waals surface area contributed by atoms with E-state index in [2.05, 4.69) is 9.40 Å². The summed E-state index contributed by atoms with van der Waals surface area (Å²) >= 11 is 0. The smallest absolute Gasteiger partial charge is 0.180 e. The van der Waals surface area contributed by atoms with Crippen LogP contribution >= 0.6 is 0 Å². The van der Waals surface area contributed by atoms with Crippen molar-refractivity contribution < 1.29 is 9.15 Å². The molecule has 0 aromatic carbocycles. The van der Waals surface area contributed by atoms with Crippen LogP contribution in [0.25, 0.3) is 0 Å². The van der Waals surface area contributed by atoms with E-state index in [1.54, 1.807) is 6.20 Å². The quantitative estimate of drug-likeness (QED) is 0.592. The van der Waals surface area contributed by atoms with Crippen molar-refractivity contribution >= 4 is 0 Å². The lowest BCUT2D eigenvalue weighted by Crippen LogP contribution is -1.98. The van der Waals surface area contributed by atoms with Crippen LogP contribution in [0.1, 0.15) is 25.7 Å². The first kappa shape index (κ1) is 7.80. The number of fused-ring (bicyclic) bond motifs is 2. The molecule has 1 aromatic rings. The molecule has 66 valence electrons. The molecule has 1 aromatic heterocycles. The van der Waals surface area contributed by atoms with Crippen LogP contribution < -0.4 is 0 Å². The second-order valence-electron chi connectivity index (χ2n) is 3.21. The molecule has 12 heavy (non-hydrogen) atoms. The van der Waals surface area contributed by atoms with Gasteiger partial charge in [-0.3, -0.25) is 0 Å². The van der Waals surface area contributed by atoms with E-state index >= 15 is 0 Å². The largest absolute Gasteiger partial charge is 0.452 e. The fourth-order valence-electron chi connectivity index (χ4n) is 1.75. The molecule has 0 N–H and O–H groups in total. The Morgan fingerprint density at radius 2 is 1.75 bits per heavy atom. The van der Waals surface area contributed by atoms with Crippen molar-refractivity contribution in [2.75, 3.05) is 0 Å². The fraction of sp³-hybridized carbons (Fsp3) is 0.667. The van der Waals surface area contributed by atoms with Crippen LogP contribution in [0.2, 0.25) is 0 Å². The highest BCUT2D eigenvalue weighted by molar-refractivity contribution is 4.81. The van der Waals surface area contributed by atoms with E-state index in [-0.39, 0.29) is 0 Å². The molecule has 0 radical (unpaired) electrons. The average Bonchev–Trinajstić information content (AvgIpc) is 2.86. The topological polar surface area (TPSA) is 35.3 Å². The monoisotopic (exact) mass is 167 g/mol. The Kier molecular flexibility index (Phi) is 2.42. The number of ether oxygens (including phenoxy) is 1. The number of rotatable bonds is 0. The predicted octanol–water partition coefficient (Wildman–Crippen LogP) is 2.00. The SMILES string of the molecule is C1CC2CCC1O2.c1cocn1. The Balaban J connectivity index is 0.000000100. The molecular weight excluding hydrogens is 154 g/mol. The molecule has 2 bridgehead atoms. The second-order valence-corrected chi connectivity index (χ2v) is 3.21. The van der Waals surface area contributed by atoms with Crippen molar-refractivity contribution in [3.05, 3.63) is 18.9 Å². The van der Waals surface area contributed by atoms with Gasteiger partial charge in [0.05, 0.1) is 18.4 Å². The number of nitrogens with zero attached hydrogens (tertiary/aromatic N) is 1. The van der Waals surface area contributed by atoms with Gasteiger partial charge in [-0.2, -0.15) is 0 Å². The molecule has 0 unspecified atom stereocenters. The summed E-state index contributed by atoms with van der Waals surface area (Å²) < 4.78 is 9.94. The highest BCUT2D eigenvalue weighted by atomic mass is 16.5. The molecule has 2 aliphatic rings. The summed E-state index contributed by atoms with van der Waals surface area (Å²) in [6.07, 6.45) is 11.2. The minimum atomic E-state index is 0.671. The van der Waals surface area contributed by atoms with Crippen LogP contribution in [0.5, 0.6) is 0 Å². The summed E-state index contributed by atoms with van der Waals surface area (Å²) in [5.74, 6) is 0. The van der Waals surface area contributed by atoms with Crippen molar-refractivity contribution in [3.8, 4) is 0 Å². The van der Waals surface area contributed by atoms with Gasteiger partial charge in [-0.1, -0.05) is 0 Å². The summed E-state index contributed by atoms with van der Waals surface area (Å²) in [7, 11) is 0. The first-order valence-corrected chi connectivity index (χ1v) is 4.43. The van der Waals surface area contributed by atoms with Crippen molar-refractivity contribution in [3.63, 3.8) is 0 Å². The zero-order valence-corrected chi connectivity index (χ0v) is 6.98. The van der Waals surface area contributed by atoms with Crippen molar-refractivity contribution in [1.29, 1.82) is 0 Å². The lowest BCUT2D eigenvalue weighted by molar-refractivity contribution is 0.105.